The number of amides is 1. The van der Waals surface area contributed by atoms with E-state index in [0.29, 0.717) is 6.42 Å². The molecule has 4 nitrogen and oxygen atoms in total. The molecule has 4 heteroatoms. The summed E-state index contributed by atoms with van der Waals surface area (Å²) in [7, 11) is 0. The summed E-state index contributed by atoms with van der Waals surface area (Å²) < 4.78 is 5.98. The zero-order chi connectivity index (χ0) is 18.1. The van der Waals surface area contributed by atoms with Gasteiger partial charge in [0, 0.05) is 6.54 Å². The number of likely N-dealkylation sites (tertiary alicyclic amines) is 1. The highest BCUT2D eigenvalue weighted by molar-refractivity contribution is 5.81. The van der Waals surface area contributed by atoms with Crippen LogP contribution in [0.3, 0.4) is 0 Å². The Morgan fingerprint density at radius 3 is 2.60 bits per heavy atom. The number of ether oxygens (including phenoxy) is 1. The molecule has 140 valence electrons. The smallest absolute Gasteiger partial charge is 0.261 e. The molecule has 1 aromatic carbocycles. The van der Waals surface area contributed by atoms with Gasteiger partial charge in [-0.2, -0.15) is 0 Å². The molecular weight excluding hydrogens is 312 g/mol. The van der Waals surface area contributed by atoms with Crippen molar-refractivity contribution in [1.29, 1.82) is 0 Å². The van der Waals surface area contributed by atoms with Gasteiger partial charge in [0.1, 0.15) is 5.75 Å². The molecule has 0 saturated carbocycles. The SMILES string of the molecule is CC[C@H](Oc1cccc(C)c1C)C(=O)NCCCN1CCCCCC1. The van der Waals surface area contributed by atoms with Crippen LogP contribution in [0.4, 0.5) is 0 Å². The normalized spacial score (nSPS) is 16.9. The number of benzene rings is 1. The van der Waals surface area contributed by atoms with Crippen molar-refractivity contribution in [2.75, 3.05) is 26.2 Å². The van der Waals surface area contributed by atoms with Crippen LogP contribution >= 0.6 is 0 Å². The molecule has 0 aliphatic carbocycles. The van der Waals surface area contributed by atoms with Crippen molar-refractivity contribution in [3.05, 3.63) is 29.3 Å². The number of aryl methyl sites for hydroxylation is 1. The van der Waals surface area contributed by atoms with Crippen molar-refractivity contribution < 1.29 is 9.53 Å². The van der Waals surface area contributed by atoms with Gasteiger partial charge in [-0.05, 0) is 76.4 Å². The van der Waals surface area contributed by atoms with E-state index in [1.54, 1.807) is 0 Å². The van der Waals surface area contributed by atoms with Crippen LogP contribution in [0.1, 0.15) is 56.6 Å². The minimum absolute atomic E-state index is 0.000674. The number of nitrogens with zero attached hydrogens (tertiary/aromatic N) is 1. The lowest BCUT2D eigenvalue weighted by Gasteiger charge is -2.21. The summed E-state index contributed by atoms with van der Waals surface area (Å²) >= 11 is 0. The largest absolute Gasteiger partial charge is 0.480 e. The van der Waals surface area contributed by atoms with Crippen LogP contribution in [-0.4, -0.2) is 43.1 Å². The quantitative estimate of drug-likeness (QED) is 0.727. The molecule has 0 bridgehead atoms. The summed E-state index contributed by atoms with van der Waals surface area (Å²) in [6.07, 6.45) is 6.61. The molecule has 1 aliphatic heterocycles. The molecule has 1 atom stereocenters. The third-order valence-electron chi connectivity index (χ3n) is 5.14. The third kappa shape index (κ3) is 6.35. The molecule has 0 radical (unpaired) electrons. The van der Waals surface area contributed by atoms with Crippen LogP contribution in [0.15, 0.2) is 18.2 Å². The van der Waals surface area contributed by atoms with Crippen molar-refractivity contribution in [3.8, 4) is 5.75 Å². The van der Waals surface area contributed by atoms with Gasteiger partial charge in [0.15, 0.2) is 6.10 Å². The van der Waals surface area contributed by atoms with E-state index in [9.17, 15) is 4.79 Å². The van der Waals surface area contributed by atoms with Gasteiger partial charge in [-0.25, -0.2) is 0 Å². The van der Waals surface area contributed by atoms with Gasteiger partial charge in [-0.15, -0.1) is 0 Å². The maximum atomic E-state index is 12.4. The topological polar surface area (TPSA) is 41.6 Å². The van der Waals surface area contributed by atoms with Crippen LogP contribution in [0.2, 0.25) is 0 Å². The van der Waals surface area contributed by atoms with Crippen LogP contribution in [0.5, 0.6) is 5.75 Å². The van der Waals surface area contributed by atoms with Gasteiger partial charge in [0.2, 0.25) is 0 Å². The molecule has 1 fully saturated rings. The van der Waals surface area contributed by atoms with Gasteiger partial charge >= 0.3 is 0 Å². The Balaban J connectivity index is 1.74. The molecule has 1 heterocycles. The standard InChI is InChI=1S/C21H34N2O2/c1-4-19(25-20-12-9-11-17(2)18(20)3)21(24)22-13-10-16-23-14-7-5-6-8-15-23/h9,11-12,19H,4-8,10,13-16H2,1-3H3,(H,22,24)/t19-/m0/s1. The number of carbonyl (C=O) groups is 1. The number of nitrogens with one attached hydrogen (secondary N) is 1. The van der Waals surface area contributed by atoms with E-state index in [4.69, 9.17) is 4.74 Å². The van der Waals surface area contributed by atoms with Crippen LogP contribution < -0.4 is 10.1 Å². The van der Waals surface area contributed by atoms with Crippen molar-refractivity contribution in [3.63, 3.8) is 0 Å². The minimum Gasteiger partial charge on any atom is -0.480 e. The Labute approximate surface area is 152 Å². The number of rotatable bonds is 8. The Kier molecular flexibility index (Phi) is 8.26. The highest BCUT2D eigenvalue weighted by Gasteiger charge is 2.19. The molecule has 0 spiro atoms. The Morgan fingerprint density at radius 2 is 1.92 bits per heavy atom. The van der Waals surface area contributed by atoms with E-state index >= 15 is 0 Å². The van der Waals surface area contributed by atoms with Crippen LogP contribution in [0.25, 0.3) is 0 Å². The summed E-state index contributed by atoms with van der Waals surface area (Å²) in [4.78, 5) is 15.0. The molecule has 0 aromatic heterocycles. The van der Waals surface area contributed by atoms with Crippen LogP contribution in [0, 0.1) is 13.8 Å². The lowest BCUT2D eigenvalue weighted by Crippen LogP contribution is -2.39. The van der Waals surface area contributed by atoms with Gasteiger partial charge in [-0.3, -0.25) is 4.79 Å². The van der Waals surface area contributed by atoms with Gasteiger partial charge in [0.25, 0.3) is 5.91 Å². The van der Waals surface area contributed by atoms with E-state index in [1.165, 1.54) is 44.3 Å². The van der Waals surface area contributed by atoms with Crippen molar-refractivity contribution in [1.82, 2.24) is 10.2 Å². The Bertz CT molecular complexity index is 537. The molecule has 1 N–H and O–H groups in total. The average Bonchev–Trinajstić information content (AvgIpc) is 2.88. The maximum Gasteiger partial charge on any atom is 0.261 e. The van der Waals surface area contributed by atoms with Gasteiger partial charge < -0.3 is 15.0 Å². The summed E-state index contributed by atoms with van der Waals surface area (Å²) in [5.74, 6) is 0.811. The first-order chi connectivity index (χ1) is 12.1. The summed E-state index contributed by atoms with van der Waals surface area (Å²) in [5.41, 5.74) is 2.29. The predicted octanol–water partition coefficient (Wildman–Crippen LogP) is 3.84. The number of hydrogen-bond donors (Lipinski definition) is 1. The predicted molar refractivity (Wildman–Crippen MR) is 103 cm³/mol. The second-order valence-electron chi connectivity index (χ2n) is 7.11. The highest BCUT2D eigenvalue weighted by atomic mass is 16.5. The lowest BCUT2D eigenvalue weighted by molar-refractivity contribution is -0.128. The number of carbonyl (C=O) groups excluding carboxylic acids is 1. The Morgan fingerprint density at radius 1 is 1.20 bits per heavy atom. The maximum absolute atomic E-state index is 12.4. The number of hydrogen-bond acceptors (Lipinski definition) is 3. The second kappa shape index (κ2) is 10.4. The first-order valence-electron chi connectivity index (χ1n) is 9.84. The van der Waals surface area contributed by atoms with Crippen LogP contribution in [-0.2, 0) is 4.79 Å². The monoisotopic (exact) mass is 346 g/mol. The summed E-state index contributed by atoms with van der Waals surface area (Å²) in [6, 6.07) is 5.98. The molecule has 2 rings (SSSR count). The van der Waals surface area contributed by atoms with E-state index < -0.39 is 6.10 Å². The molecule has 0 unspecified atom stereocenters. The summed E-state index contributed by atoms with van der Waals surface area (Å²) in [5, 5.41) is 3.05. The second-order valence-corrected chi connectivity index (χ2v) is 7.11. The zero-order valence-corrected chi connectivity index (χ0v) is 16.1. The fourth-order valence-corrected chi connectivity index (χ4v) is 3.32. The fourth-order valence-electron chi connectivity index (χ4n) is 3.32. The highest BCUT2D eigenvalue weighted by Crippen LogP contribution is 2.22. The fraction of sp³-hybridized carbons (Fsp3) is 0.667. The van der Waals surface area contributed by atoms with Crippen molar-refractivity contribution >= 4 is 5.91 Å². The van der Waals surface area contributed by atoms with E-state index in [2.05, 4.69) is 23.2 Å². The minimum atomic E-state index is -0.418. The first kappa shape index (κ1) is 19.8. The summed E-state index contributed by atoms with van der Waals surface area (Å²) in [6.45, 7) is 10.3. The Hall–Kier alpha value is -1.55. The van der Waals surface area contributed by atoms with E-state index in [-0.39, 0.29) is 5.91 Å². The molecule has 1 aliphatic rings. The molecular formula is C21H34N2O2. The van der Waals surface area contributed by atoms with Gasteiger partial charge in [0.05, 0.1) is 0 Å². The zero-order valence-electron chi connectivity index (χ0n) is 16.1. The first-order valence-corrected chi connectivity index (χ1v) is 9.84. The van der Waals surface area contributed by atoms with E-state index in [1.807, 2.05) is 26.0 Å². The van der Waals surface area contributed by atoms with Gasteiger partial charge in [-0.1, -0.05) is 31.9 Å². The lowest BCUT2D eigenvalue weighted by atomic mass is 10.1. The van der Waals surface area contributed by atoms with Crippen molar-refractivity contribution in [2.45, 2.75) is 65.4 Å². The molecule has 1 amide bonds. The third-order valence-corrected chi connectivity index (χ3v) is 5.14. The average molecular weight is 347 g/mol. The van der Waals surface area contributed by atoms with Crippen molar-refractivity contribution in [2.24, 2.45) is 0 Å². The molecule has 1 saturated heterocycles. The molecule has 25 heavy (non-hydrogen) atoms. The molecule has 1 aromatic rings. The van der Waals surface area contributed by atoms with E-state index in [0.717, 1.165) is 30.8 Å².